The topological polar surface area (TPSA) is 481 Å². The van der Waals surface area contributed by atoms with Crippen molar-refractivity contribution in [3.05, 3.63) is 42.0 Å². The van der Waals surface area contributed by atoms with Gasteiger partial charge in [0.25, 0.3) is 5.91 Å². The number of ether oxygens (including phenoxy) is 10. The van der Waals surface area contributed by atoms with E-state index < -0.39 is 216 Å². The Morgan fingerprint density at radius 3 is 1.24 bits per heavy atom. The quantitative estimate of drug-likeness (QED) is 0.0262. The molecule has 5 aliphatic heterocycles. The van der Waals surface area contributed by atoms with Crippen LogP contribution in [0.15, 0.2) is 36.4 Å². The number of hydrogen-bond donors (Lipinski definition) is 17. The maximum atomic E-state index is 13.9. The van der Waals surface area contributed by atoms with Gasteiger partial charge in [-0.3, -0.25) is 24.0 Å². The summed E-state index contributed by atoms with van der Waals surface area (Å²) >= 11 is 0. The summed E-state index contributed by atoms with van der Waals surface area (Å²) in [7, 11) is 0. The van der Waals surface area contributed by atoms with E-state index in [9.17, 15) is 85.3 Å². The number of nitrogens with one attached hydrogen (secondary N) is 5. The molecule has 0 bridgehead atoms. The van der Waals surface area contributed by atoms with Gasteiger partial charge in [-0.1, -0.05) is 44.4 Å². The third-order valence-corrected chi connectivity index (χ3v) is 15.5. The van der Waals surface area contributed by atoms with Crippen LogP contribution >= 0.6 is 0 Å². The molecule has 0 saturated carbocycles. The SMILES string of the molecule is CCCCCCC=CCCCOc1cccc(C(=O)N[C@@H]2C(O[C@@H]3C(CO)O[C@@H](OC4C(CO)O[C@@H](O[C@@H]5C(CO)OC(OC6C(CO)O[C@@H](O)[C@@H](NC(C)=O)[C@H]6O)C(NC(C)=O)C5O)[C@@H](NC(C)=O)[C@H]4O)C(NC(C)=O)C3O)OC(CO)[C@@H](O)[C@@H]2O)c1. The van der Waals surface area contributed by atoms with Crippen molar-refractivity contribution in [3.63, 3.8) is 0 Å². The van der Waals surface area contributed by atoms with Gasteiger partial charge in [0.1, 0.15) is 128 Å². The average Bonchev–Trinajstić information content (AvgIpc) is 1.74. The molecule has 13 unspecified atom stereocenters. The Hall–Kier alpha value is -4.73. The molecule has 5 aliphatic rings. The van der Waals surface area contributed by atoms with Crippen LogP contribution in [0.5, 0.6) is 5.75 Å². The second-order valence-corrected chi connectivity index (χ2v) is 22.2. The first-order chi connectivity index (χ1) is 42.0. The number of unbranched alkanes of at least 4 members (excludes halogenated alkanes) is 5. The predicted octanol–water partition coefficient (Wildman–Crippen LogP) is -6.23. The van der Waals surface area contributed by atoms with Crippen molar-refractivity contribution in [1.29, 1.82) is 0 Å². The van der Waals surface area contributed by atoms with Gasteiger partial charge < -0.3 is 135 Å². The Kier molecular flexibility index (Phi) is 28.5. The first kappa shape index (κ1) is 72.3. The van der Waals surface area contributed by atoms with Gasteiger partial charge in [-0.2, -0.15) is 0 Å². The summed E-state index contributed by atoms with van der Waals surface area (Å²) in [4.78, 5) is 64.1. The van der Waals surface area contributed by atoms with Crippen molar-refractivity contribution >= 4 is 29.5 Å². The van der Waals surface area contributed by atoms with Gasteiger partial charge >= 0.3 is 0 Å². The van der Waals surface area contributed by atoms with Crippen LogP contribution in [0.2, 0.25) is 0 Å². The normalized spacial score (nSPS) is 37.8. The maximum Gasteiger partial charge on any atom is 0.251 e. The Labute approximate surface area is 507 Å². The lowest BCUT2D eigenvalue weighted by molar-refractivity contribution is -0.367. The molecule has 0 aliphatic carbocycles. The molecular formula is C56H89N5O27. The highest BCUT2D eigenvalue weighted by molar-refractivity contribution is 5.94. The molecule has 6 rings (SSSR count). The Balaban J connectivity index is 1.18. The molecule has 1 aromatic rings. The number of amides is 5. The number of allylic oxidation sites excluding steroid dienone is 2. The van der Waals surface area contributed by atoms with E-state index in [0.717, 1.165) is 53.4 Å². The first-order valence-corrected chi connectivity index (χ1v) is 29.5. The molecule has 1 aromatic carbocycles. The third-order valence-electron chi connectivity index (χ3n) is 15.5. The fourth-order valence-electron chi connectivity index (χ4n) is 11.1. The zero-order valence-corrected chi connectivity index (χ0v) is 49.6. The summed E-state index contributed by atoms with van der Waals surface area (Å²) < 4.78 is 59.8. The number of carbonyl (C=O) groups excluding carboxylic acids is 5. The van der Waals surface area contributed by atoms with Crippen LogP contribution in [-0.4, -0.2) is 284 Å². The summed E-state index contributed by atoms with van der Waals surface area (Å²) in [5.74, 6) is -3.54. The monoisotopic (exact) mass is 1260 g/mol. The number of carbonyl (C=O) groups is 5. The lowest BCUT2D eigenvalue weighted by Crippen LogP contribution is -2.72. The summed E-state index contributed by atoms with van der Waals surface area (Å²) in [6, 6.07) is -2.18. The molecule has 5 saturated heterocycles. The lowest BCUT2D eigenvalue weighted by Gasteiger charge is -2.51. The van der Waals surface area contributed by atoms with Gasteiger partial charge in [-0.05, 0) is 43.9 Å². The highest BCUT2D eigenvalue weighted by atomic mass is 16.8. The largest absolute Gasteiger partial charge is 0.494 e. The third kappa shape index (κ3) is 18.7. The molecule has 32 nitrogen and oxygen atoms in total. The van der Waals surface area contributed by atoms with Crippen molar-refractivity contribution in [2.45, 2.75) is 233 Å². The van der Waals surface area contributed by atoms with Gasteiger partial charge in [0.2, 0.25) is 23.6 Å². The number of aliphatic hydroxyl groups excluding tert-OH is 12. The van der Waals surface area contributed by atoms with E-state index in [-0.39, 0.29) is 5.56 Å². The average molecular weight is 1260 g/mol. The number of aliphatic hydroxyl groups is 12. The Morgan fingerprint density at radius 1 is 0.455 bits per heavy atom. The zero-order valence-electron chi connectivity index (χ0n) is 49.6. The van der Waals surface area contributed by atoms with E-state index in [2.05, 4.69) is 45.7 Å². The molecule has 500 valence electrons. The minimum absolute atomic E-state index is 0.0576. The van der Waals surface area contributed by atoms with E-state index in [1.807, 2.05) is 0 Å². The summed E-state index contributed by atoms with van der Waals surface area (Å²) in [5.41, 5.74) is 0.0576. The molecule has 0 aromatic heterocycles. The predicted molar refractivity (Wildman–Crippen MR) is 297 cm³/mol. The van der Waals surface area contributed by atoms with Crippen molar-refractivity contribution in [3.8, 4) is 5.75 Å². The lowest BCUT2D eigenvalue weighted by atomic mass is 9.93. The molecule has 88 heavy (non-hydrogen) atoms. The van der Waals surface area contributed by atoms with E-state index >= 15 is 0 Å². The standard InChI is InChI=1S/C56H89N5O27/c1-6-7-8-9-10-11-12-13-14-18-79-30-17-15-16-29(19-30)51(77)61-37-42(72)41(71)31(20-62)81-53(37)86-48-33(22-64)83-55(39(44(48)74)59-27(4)69)88-50-35(24-66)84-56(40(46(50)76)60-28(5)70)87-49-34(23-65)82-54(38(45(49)75)58-26(3)68)85-47-32(21-63)80-52(78)36(43(47)73)57-25(2)67/h11-12,15-17,19,31-50,52-56,62-66,71-76,78H,6-10,13-14,18,20-24H2,1-5H3,(H,57,67)(H,58,68)(H,59,69)(H,60,70)(H,61,77)/t31?,32?,33?,34?,35?,36-,37-,38?,39?,40-,41+,42+,43+,44?,45?,46+,47?,48+,49+,50?,52+,53?,54?,55-,56-/m0/s1. The first-order valence-electron chi connectivity index (χ1n) is 29.5. The van der Waals surface area contributed by atoms with Crippen LogP contribution in [0.3, 0.4) is 0 Å². The van der Waals surface area contributed by atoms with Gasteiger partial charge in [0.05, 0.1) is 39.6 Å². The highest BCUT2D eigenvalue weighted by Gasteiger charge is 2.58. The molecular weight excluding hydrogens is 1170 g/mol. The summed E-state index contributed by atoms with van der Waals surface area (Å²) in [6.07, 6.45) is -24.4. The van der Waals surface area contributed by atoms with Gasteiger partial charge in [0, 0.05) is 33.3 Å². The molecule has 25 atom stereocenters. The minimum atomic E-state index is -2.03. The zero-order chi connectivity index (χ0) is 64.5. The van der Waals surface area contributed by atoms with Crippen LogP contribution < -0.4 is 31.3 Å². The fourth-order valence-corrected chi connectivity index (χ4v) is 11.1. The van der Waals surface area contributed by atoms with Gasteiger partial charge in [-0.15, -0.1) is 0 Å². The molecule has 5 heterocycles. The fraction of sp³-hybridized carbons (Fsp3) is 0.768. The second-order valence-electron chi connectivity index (χ2n) is 22.2. The minimum Gasteiger partial charge on any atom is -0.494 e. The smallest absolute Gasteiger partial charge is 0.251 e. The van der Waals surface area contributed by atoms with E-state index in [0.29, 0.717) is 18.8 Å². The van der Waals surface area contributed by atoms with Crippen molar-refractivity contribution in [2.24, 2.45) is 0 Å². The Bertz CT molecular complexity index is 2400. The van der Waals surface area contributed by atoms with Gasteiger partial charge in [0.15, 0.2) is 31.5 Å². The number of rotatable bonds is 29. The van der Waals surface area contributed by atoms with Crippen LogP contribution in [0.25, 0.3) is 0 Å². The van der Waals surface area contributed by atoms with Gasteiger partial charge in [-0.25, -0.2) is 0 Å². The summed E-state index contributed by atoms with van der Waals surface area (Å²) in [5, 5.41) is 145. The second kappa shape index (κ2) is 34.6. The van der Waals surface area contributed by atoms with E-state index in [1.165, 1.54) is 25.0 Å². The number of hydrogen-bond acceptors (Lipinski definition) is 27. The molecule has 32 heteroatoms. The van der Waals surface area contributed by atoms with Crippen LogP contribution in [0, 0.1) is 0 Å². The van der Waals surface area contributed by atoms with Crippen molar-refractivity contribution in [2.75, 3.05) is 39.6 Å². The van der Waals surface area contributed by atoms with Crippen molar-refractivity contribution < 1.29 is 133 Å². The molecule has 17 N–H and O–H groups in total. The molecule has 0 spiro atoms. The van der Waals surface area contributed by atoms with Crippen LogP contribution in [0.4, 0.5) is 0 Å². The maximum absolute atomic E-state index is 13.9. The van der Waals surface area contributed by atoms with Crippen LogP contribution in [0.1, 0.15) is 89.9 Å². The summed E-state index contributed by atoms with van der Waals surface area (Å²) in [6.45, 7) is 2.01. The molecule has 5 amide bonds. The van der Waals surface area contributed by atoms with E-state index in [4.69, 9.17) is 47.4 Å². The van der Waals surface area contributed by atoms with Crippen molar-refractivity contribution in [1.82, 2.24) is 26.6 Å². The molecule has 0 radical (unpaired) electrons. The molecule has 5 fully saturated rings. The van der Waals surface area contributed by atoms with Crippen LogP contribution in [-0.2, 0) is 61.8 Å². The Morgan fingerprint density at radius 2 is 0.830 bits per heavy atom. The number of benzene rings is 1. The highest BCUT2D eigenvalue weighted by Crippen LogP contribution is 2.36. The van der Waals surface area contributed by atoms with E-state index in [1.54, 1.807) is 12.1 Å².